The zero-order valence-corrected chi connectivity index (χ0v) is 16.5. The van der Waals surface area contributed by atoms with Crippen LogP contribution >= 0.6 is 0 Å². The second kappa shape index (κ2) is 8.05. The van der Waals surface area contributed by atoms with E-state index in [1.807, 2.05) is 58.0 Å². The minimum atomic E-state index is -0.243. The first kappa shape index (κ1) is 19.3. The molecule has 0 bridgehead atoms. The molecule has 0 saturated heterocycles. The van der Waals surface area contributed by atoms with E-state index in [2.05, 4.69) is 15.6 Å². The van der Waals surface area contributed by atoms with E-state index >= 15 is 0 Å². The lowest BCUT2D eigenvalue weighted by Gasteiger charge is -2.14. The smallest absolute Gasteiger partial charge is 0.255 e. The molecule has 3 rings (SSSR count). The Kier molecular flexibility index (Phi) is 5.54. The molecule has 0 spiro atoms. The molecule has 2 N–H and O–H groups in total. The van der Waals surface area contributed by atoms with Crippen molar-refractivity contribution in [3.8, 4) is 0 Å². The number of hydrogen-bond acceptors (Lipinski definition) is 3. The van der Waals surface area contributed by atoms with E-state index < -0.39 is 0 Å². The molecule has 142 valence electrons. The molecule has 0 saturated carbocycles. The number of nitrogens with one attached hydrogen (secondary N) is 2. The molecule has 0 aliphatic rings. The van der Waals surface area contributed by atoms with E-state index in [-0.39, 0.29) is 11.8 Å². The van der Waals surface area contributed by atoms with Crippen molar-refractivity contribution >= 4 is 23.2 Å². The van der Waals surface area contributed by atoms with Crippen LogP contribution < -0.4 is 10.6 Å². The van der Waals surface area contributed by atoms with Crippen LogP contribution in [0.3, 0.4) is 0 Å². The molecule has 5 nitrogen and oxygen atoms in total. The highest BCUT2D eigenvalue weighted by atomic mass is 16.2. The molecule has 1 aromatic heterocycles. The quantitative estimate of drug-likeness (QED) is 0.689. The van der Waals surface area contributed by atoms with Crippen molar-refractivity contribution in [1.29, 1.82) is 0 Å². The maximum Gasteiger partial charge on any atom is 0.255 e. The largest absolute Gasteiger partial charge is 0.322 e. The fourth-order valence-corrected chi connectivity index (χ4v) is 3.08. The minimum absolute atomic E-state index is 0.212. The van der Waals surface area contributed by atoms with Gasteiger partial charge in [0.05, 0.1) is 11.4 Å². The highest BCUT2D eigenvalue weighted by Gasteiger charge is 2.14. The summed E-state index contributed by atoms with van der Waals surface area (Å²) in [6, 6.07) is 16.2. The van der Waals surface area contributed by atoms with Crippen LogP contribution in [0.5, 0.6) is 0 Å². The Morgan fingerprint density at radius 2 is 1.43 bits per heavy atom. The van der Waals surface area contributed by atoms with Crippen molar-refractivity contribution in [2.45, 2.75) is 27.7 Å². The lowest BCUT2D eigenvalue weighted by atomic mass is 10.1. The normalized spacial score (nSPS) is 10.4. The maximum absolute atomic E-state index is 12.8. The third-order valence-electron chi connectivity index (χ3n) is 4.55. The van der Waals surface area contributed by atoms with Crippen LogP contribution in [0, 0.1) is 27.7 Å². The molecule has 0 unspecified atom stereocenters. The van der Waals surface area contributed by atoms with E-state index in [0.717, 1.165) is 22.5 Å². The second-order valence-electron chi connectivity index (χ2n) is 6.84. The summed E-state index contributed by atoms with van der Waals surface area (Å²) in [7, 11) is 0. The molecule has 0 atom stereocenters. The Balaban J connectivity index is 1.83. The second-order valence-corrected chi connectivity index (χ2v) is 6.84. The lowest BCUT2D eigenvalue weighted by molar-refractivity contribution is 0.101. The van der Waals surface area contributed by atoms with Gasteiger partial charge in [0.1, 0.15) is 0 Å². The Hall–Kier alpha value is -3.47. The Morgan fingerprint density at radius 3 is 2.11 bits per heavy atom. The van der Waals surface area contributed by atoms with Crippen molar-refractivity contribution in [2.24, 2.45) is 0 Å². The van der Waals surface area contributed by atoms with Gasteiger partial charge in [-0.15, -0.1) is 0 Å². The molecule has 0 radical (unpaired) electrons. The van der Waals surface area contributed by atoms with Gasteiger partial charge in [0.25, 0.3) is 11.8 Å². The van der Waals surface area contributed by atoms with Crippen LogP contribution in [0.4, 0.5) is 11.4 Å². The van der Waals surface area contributed by atoms with Crippen molar-refractivity contribution in [1.82, 2.24) is 4.98 Å². The standard InChI is InChI=1S/C23H23N3O2/c1-14-10-11-19(13-20(14)25-22(27)18-8-6-5-7-9-18)23(28)26-21-15(2)12-16(3)24-17(21)4/h5-13H,1-4H3,(H,25,27)(H,26,28). The molecule has 0 aliphatic heterocycles. The van der Waals surface area contributed by atoms with Crippen LogP contribution in [0.2, 0.25) is 0 Å². The molecule has 0 fully saturated rings. The molecule has 3 aromatic rings. The van der Waals surface area contributed by atoms with Gasteiger partial charge in [0.2, 0.25) is 0 Å². The summed E-state index contributed by atoms with van der Waals surface area (Å²) in [5.74, 6) is -0.456. The predicted molar refractivity (Wildman–Crippen MR) is 112 cm³/mol. The number of carbonyl (C=O) groups is 2. The fraction of sp³-hybridized carbons (Fsp3) is 0.174. The average molecular weight is 373 g/mol. The topological polar surface area (TPSA) is 71.1 Å². The predicted octanol–water partition coefficient (Wildman–Crippen LogP) is 4.82. The summed E-state index contributed by atoms with van der Waals surface area (Å²) in [6.07, 6.45) is 0. The van der Waals surface area contributed by atoms with Crippen molar-refractivity contribution < 1.29 is 9.59 Å². The van der Waals surface area contributed by atoms with E-state index in [4.69, 9.17) is 0 Å². The number of amides is 2. The molecule has 0 aliphatic carbocycles. The third kappa shape index (κ3) is 4.26. The fourth-order valence-electron chi connectivity index (χ4n) is 3.08. The number of rotatable bonds is 4. The van der Waals surface area contributed by atoms with Gasteiger partial charge < -0.3 is 10.6 Å². The SMILES string of the molecule is Cc1cc(C)c(NC(=O)c2ccc(C)c(NC(=O)c3ccccc3)c2)c(C)n1. The monoisotopic (exact) mass is 373 g/mol. The summed E-state index contributed by atoms with van der Waals surface area (Å²) in [5.41, 5.74) is 5.88. The van der Waals surface area contributed by atoms with Crippen molar-refractivity contribution in [3.63, 3.8) is 0 Å². The van der Waals surface area contributed by atoms with Crippen LogP contribution in [0.25, 0.3) is 0 Å². The van der Waals surface area contributed by atoms with Crippen LogP contribution in [0.1, 0.15) is 43.2 Å². The summed E-state index contributed by atoms with van der Waals surface area (Å²) in [5, 5.41) is 5.82. The molecule has 1 heterocycles. The van der Waals surface area contributed by atoms with Gasteiger partial charge in [-0.2, -0.15) is 0 Å². The van der Waals surface area contributed by atoms with Gasteiger partial charge >= 0.3 is 0 Å². The zero-order chi connectivity index (χ0) is 20.3. The van der Waals surface area contributed by atoms with Gasteiger partial charge in [-0.3, -0.25) is 14.6 Å². The highest BCUT2D eigenvalue weighted by Crippen LogP contribution is 2.22. The maximum atomic E-state index is 12.8. The van der Waals surface area contributed by atoms with Crippen molar-refractivity contribution in [2.75, 3.05) is 10.6 Å². The van der Waals surface area contributed by atoms with Crippen LogP contribution in [0.15, 0.2) is 54.6 Å². The van der Waals surface area contributed by atoms with E-state index in [9.17, 15) is 9.59 Å². The van der Waals surface area contributed by atoms with Crippen LogP contribution in [-0.2, 0) is 0 Å². The molecule has 2 amide bonds. The molecular weight excluding hydrogens is 350 g/mol. The third-order valence-corrected chi connectivity index (χ3v) is 4.55. The zero-order valence-electron chi connectivity index (χ0n) is 16.5. The Bertz CT molecular complexity index is 1020. The van der Waals surface area contributed by atoms with Crippen LogP contribution in [-0.4, -0.2) is 16.8 Å². The van der Waals surface area contributed by atoms with Gasteiger partial charge in [-0.05, 0) is 69.2 Å². The van der Waals surface area contributed by atoms with E-state index in [1.54, 1.807) is 24.3 Å². The number of aromatic nitrogens is 1. The first-order valence-corrected chi connectivity index (χ1v) is 9.08. The highest BCUT2D eigenvalue weighted by molar-refractivity contribution is 6.08. The lowest BCUT2D eigenvalue weighted by Crippen LogP contribution is -2.16. The Morgan fingerprint density at radius 1 is 0.750 bits per heavy atom. The molecule has 28 heavy (non-hydrogen) atoms. The minimum Gasteiger partial charge on any atom is -0.322 e. The average Bonchev–Trinajstić information content (AvgIpc) is 2.66. The van der Waals surface area contributed by atoms with E-state index in [1.165, 1.54) is 0 Å². The summed E-state index contributed by atoms with van der Waals surface area (Å²) >= 11 is 0. The number of nitrogens with zero attached hydrogens (tertiary/aromatic N) is 1. The summed E-state index contributed by atoms with van der Waals surface area (Å²) in [4.78, 5) is 29.6. The van der Waals surface area contributed by atoms with Gasteiger partial charge in [0.15, 0.2) is 0 Å². The number of aryl methyl sites for hydroxylation is 4. The van der Waals surface area contributed by atoms with E-state index in [0.29, 0.717) is 22.5 Å². The summed E-state index contributed by atoms with van der Waals surface area (Å²) < 4.78 is 0. The number of benzene rings is 2. The first-order valence-electron chi connectivity index (χ1n) is 9.08. The van der Waals surface area contributed by atoms with Crippen molar-refractivity contribution in [3.05, 3.63) is 88.2 Å². The summed E-state index contributed by atoms with van der Waals surface area (Å²) in [6.45, 7) is 7.63. The van der Waals surface area contributed by atoms with Gasteiger partial charge in [-0.1, -0.05) is 24.3 Å². The molecular formula is C23H23N3O2. The van der Waals surface area contributed by atoms with Gasteiger partial charge in [0, 0.05) is 22.5 Å². The van der Waals surface area contributed by atoms with Gasteiger partial charge in [-0.25, -0.2) is 0 Å². The Labute approximate surface area is 164 Å². The first-order chi connectivity index (χ1) is 13.3. The number of carbonyl (C=O) groups excluding carboxylic acids is 2. The number of anilines is 2. The molecule has 5 heteroatoms. The molecule has 2 aromatic carbocycles. The number of pyridine rings is 1. The number of hydrogen-bond donors (Lipinski definition) is 2.